The Morgan fingerprint density at radius 3 is 2.76 bits per heavy atom. The van der Waals surface area contributed by atoms with Crippen molar-refractivity contribution in [1.29, 1.82) is 0 Å². The predicted molar refractivity (Wildman–Crippen MR) is 63.9 cm³/mol. The Morgan fingerprint density at radius 1 is 1.47 bits per heavy atom. The maximum atomic E-state index is 11.8. The van der Waals surface area contributed by atoms with Gasteiger partial charge >= 0.3 is 5.97 Å². The number of carboxylic acid groups (broad SMARTS) is 1. The van der Waals surface area contributed by atoms with Crippen molar-refractivity contribution in [1.82, 2.24) is 9.88 Å². The maximum absolute atomic E-state index is 11.8. The molecule has 1 heterocycles. The van der Waals surface area contributed by atoms with Gasteiger partial charge in [0, 0.05) is 12.7 Å². The number of carboxylic acids is 1. The first-order chi connectivity index (χ1) is 8.00. The summed E-state index contributed by atoms with van der Waals surface area (Å²) in [4.78, 5) is 22.4. The maximum Gasteiger partial charge on any atom is 0.323 e. The van der Waals surface area contributed by atoms with E-state index in [-0.39, 0.29) is 12.5 Å². The third kappa shape index (κ3) is 4.30. The molecule has 5 heteroatoms. The van der Waals surface area contributed by atoms with Crippen LogP contribution < -0.4 is 5.32 Å². The molecule has 0 bridgehead atoms. The molecule has 0 unspecified atom stereocenters. The van der Waals surface area contributed by atoms with Gasteiger partial charge in [-0.15, -0.1) is 0 Å². The number of amides is 1. The highest BCUT2D eigenvalue weighted by atomic mass is 16.4. The second kappa shape index (κ2) is 6.08. The molecule has 0 aromatic carbocycles. The number of carbonyl (C=O) groups excluding carboxylic acids is 1. The Balaban J connectivity index is 2.56. The molecule has 0 aliphatic heterocycles. The number of nitrogens with zero attached hydrogens (tertiary/aromatic N) is 1. The van der Waals surface area contributed by atoms with Gasteiger partial charge in [-0.1, -0.05) is 13.8 Å². The minimum absolute atomic E-state index is 0.195. The second-order valence-electron chi connectivity index (χ2n) is 4.35. The monoisotopic (exact) mass is 238 g/mol. The van der Waals surface area contributed by atoms with Gasteiger partial charge in [0.05, 0.1) is 0 Å². The summed E-state index contributed by atoms with van der Waals surface area (Å²) in [5, 5.41) is 11.5. The van der Waals surface area contributed by atoms with Gasteiger partial charge < -0.3 is 15.0 Å². The molecule has 2 N–H and O–H groups in total. The third-order valence-electron chi connectivity index (χ3n) is 2.38. The average Bonchev–Trinajstić information content (AvgIpc) is 2.64. The Labute approximate surface area is 100 Å². The van der Waals surface area contributed by atoms with E-state index in [1.807, 2.05) is 0 Å². The van der Waals surface area contributed by atoms with E-state index in [1.165, 1.54) is 4.57 Å². The van der Waals surface area contributed by atoms with E-state index < -0.39 is 5.97 Å². The van der Waals surface area contributed by atoms with E-state index in [0.29, 0.717) is 18.2 Å². The van der Waals surface area contributed by atoms with Crippen molar-refractivity contribution in [2.24, 2.45) is 5.92 Å². The summed E-state index contributed by atoms with van der Waals surface area (Å²) in [6.07, 6.45) is 2.50. The molecule has 1 aromatic heterocycles. The molecule has 17 heavy (non-hydrogen) atoms. The third-order valence-corrected chi connectivity index (χ3v) is 2.38. The summed E-state index contributed by atoms with van der Waals surface area (Å²) in [6, 6.07) is 3.29. The number of hydrogen-bond donors (Lipinski definition) is 2. The van der Waals surface area contributed by atoms with Crippen LogP contribution in [0.25, 0.3) is 0 Å². The minimum Gasteiger partial charge on any atom is -0.480 e. The fraction of sp³-hybridized carbons (Fsp3) is 0.500. The fourth-order valence-corrected chi connectivity index (χ4v) is 1.47. The van der Waals surface area contributed by atoms with Crippen LogP contribution in [0.3, 0.4) is 0 Å². The molecule has 0 spiro atoms. The van der Waals surface area contributed by atoms with E-state index in [2.05, 4.69) is 19.2 Å². The lowest BCUT2D eigenvalue weighted by atomic mass is 10.1. The lowest BCUT2D eigenvalue weighted by molar-refractivity contribution is -0.137. The van der Waals surface area contributed by atoms with Crippen molar-refractivity contribution < 1.29 is 14.7 Å². The van der Waals surface area contributed by atoms with Crippen molar-refractivity contribution in [3.05, 3.63) is 24.0 Å². The van der Waals surface area contributed by atoms with Gasteiger partial charge in [0.25, 0.3) is 5.91 Å². The van der Waals surface area contributed by atoms with Gasteiger partial charge in [-0.2, -0.15) is 0 Å². The highest BCUT2D eigenvalue weighted by molar-refractivity contribution is 5.93. The van der Waals surface area contributed by atoms with Crippen molar-refractivity contribution in [2.45, 2.75) is 26.8 Å². The zero-order chi connectivity index (χ0) is 12.8. The molecule has 1 aromatic rings. The van der Waals surface area contributed by atoms with Crippen LogP contribution >= 0.6 is 0 Å². The van der Waals surface area contributed by atoms with Crippen molar-refractivity contribution >= 4 is 11.9 Å². The molecule has 0 atom stereocenters. The largest absolute Gasteiger partial charge is 0.480 e. The molecule has 94 valence electrons. The first kappa shape index (κ1) is 13.3. The second-order valence-corrected chi connectivity index (χ2v) is 4.35. The number of hydrogen-bond acceptors (Lipinski definition) is 2. The predicted octanol–water partition coefficient (Wildman–Crippen LogP) is 1.35. The van der Waals surface area contributed by atoms with Crippen LogP contribution in [-0.4, -0.2) is 28.1 Å². The summed E-state index contributed by atoms with van der Waals surface area (Å²) in [5.74, 6) is -0.657. The molecular formula is C12H18N2O3. The molecule has 0 saturated carbocycles. The van der Waals surface area contributed by atoms with Gasteiger partial charge in [0.15, 0.2) is 0 Å². The van der Waals surface area contributed by atoms with Crippen LogP contribution in [0.5, 0.6) is 0 Å². The standard InChI is InChI=1S/C12H18N2O3/c1-9(2)5-6-13-12(17)10-4-3-7-14(10)8-11(15)16/h3-4,7,9H,5-6,8H2,1-2H3,(H,13,17)(H,15,16). The van der Waals surface area contributed by atoms with Crippen LogP contribution in [0.2, 0.25) is 0 Å². The average molecular weight is 238 g/mol. The van der Waals surface area contributed by atoms with Crippen molar-refractivity contribution in [2.75, 3.05) is 6.54 Å². The molecule has 5 nitrogen and oxygen atoms in total. The molecule has 0 aliphatic carbocycles. The molecule has 1 rings (SSSR count). The lowest BCUT2D eigenvalue weighted by Gasteiger charge is -2.09. The number of rotatable bonds is 6. The van der Waals surface area contributed by atoms with Gasteiger partial charge in [-0.3, -0.25) is 9.59 Å². The number of nitrogens with one attached hydrogen (secondary N) is 1. The quantitative estimate of drug-likeness (QED) is 0.785. The van der Waals surface area contributed by atoms with Crippen LogP contribution in [0.15, 0.2) is 18.3 Å². The van der Waals surface area contributed by atoms with Crippen molar-refractivity contribution in [3.8, 4) is 0 Å². The summed E-state index contributed by atoms with van der Waals surface area (Å²) in [6.45, 7) is 4.58. The first-order valence-electron chi connectivity index (χ1n) is 5.66. The SMILES string of the molecule is CC(C)CCNC(=O)c1cccn1CC(=O)O. The van der Waals surface area contributed by atoms with E-state index in [4.69, 9.17) is 5.11 Å². The molecule has 0 radical (unpaired) electrons. The first-order valence-corrected chi connectivity index (χ1v) is 5.66. The Bertz CT molecular complexity index is 396. The Kier molecular flexibility index (Phi) is 4.75. The highest BCUT2D eigenvalue weighted by Gasteiger charge is 2.11. The molecule has 0 fully saturated rings. The lowest BCUT2D eigenvalue weighted by Crippen LogP contribution is -2.28. The molecule has 1 amide bonds. The van der Waals surface area contributed by atoms with E-state index in [0.717, 1.165) is 6.42 Å². The molecule has 0 aliphatic rings. The van der Waals surface area contributed by atoms with E-state index in [9.17, 15) is 9.59 Å². The zero-order valence-electron chi connectivity index (χ0n) is 10.1. The van der Waals surface area contributed by atoms with Crippen molar-refractivity contribution in [3.63, 3.8) is 0 Å². The Morgan fingerprint density at radius 2 is 2.18 bits per heavy atom. The zero-order valence-corrected chi connectivity index (χ0v) is 10.1. The van der Waals surface area contributed by atoms with E-state index >= 15 is 0 Å². The number of carbonyl (C=O) groups is 2. The highest BCUT2D eigenvalue weighted by Crippen LogP contribution is 2.03. The minimum atomic E-state index is -0.961. The topological polar surface area (TPSA) is 71.3 Å². The van der Waals surface area contributed by atoms with Crippen LogP contribution in [0.4, 0.5) is 0 Å². The van der Waals surface area contributed by atoms with Gasteiger partial charge in [0.2, 0.25) is 0 Å². The van der Waals surface area contributed by atoms with Crippen LogP contribution in [0.1, 0.15) is 30.8 Å². The van der Waals surface area contributed by atoms with Gasteiger partial charge in [0.1, 0.15) is 12.2 Å². The molecular weight excluding hydrogens is 220 g/mol. The molecule has 0 saturated heterocycles. The number of aromatic nitrogens is 1. The van der Waals surface area contributed by atoms with Gasteiger partial charge in [-0.25, -0.2) is 0 Å². The Hall–Kier alpha value is -1.78. The fourth-order valence-electron chi connectivity index (χ4n) is 1.47. The summed E-state index contributed by atoms with van der Waals surface area (Å²) in [5.41, 5.74) is 0.385. The summed E-state index contributed by atoms with van der Waals surface area (Å²) in [7, 11) is 0. The summed E-state index contributed by atoms with van der Waals surface area (Å²) < 4.78 is 1.42. The van der Waals surface area contributed by atoms with Crippen LogP contribution in [-0.2, 0) is 11.3 Å². The number of aliphatic carboxylic acids is 1. The summed E-state index contributed by atoms with van der Waals surface area (Å²) >= 11 is 0. The smallest absolute Gasteiger partial charge is 0.323 e. The van der Waals surface area contributed by atoms with E-state index in [1.54, 1.807) is 18.3 Å². The van der Waals surface area contributed by atoms with Gasteiger partial charge in [-0.05, 0) is 24.5 Å². The van der Waals surface area contributed by atoms with Crippen LogP contribution in [0, 0.1) is 5.92 Å². The normalized spacial score (nSPS) is 10.5.